The highest BCUT2D eigenvalue weighted by atomic mass is 19.4. The normalized spacial score (nSPS) is 13.2. The molecule has 0 aromatic heterocycles. The van der Waals surface area contributed by atoms with E-state index in [-0.39, 0.29) is 5.75 Å². The van der Waals surface area contributed by atoms with Gasteiger partial charge in [0.2, 0.25) is 0 Å². The molecule has 2 nitrogen and oxygen atoms in total. The molecule has 0 aliphatic heterocycles. The number of ether oxygens (including phenoxy) is 1. The Bertz CT molecular complexity index is 444. The van der Waals surface area contributed by atoms with Crippen molar-refractivity contribution in [3.05, 3.63) is 29.3 Å². The van der Waals surface area contributed by atoms with Gasteiger partial charge in [0.25, 0.3) is 0 Å². The number of alkyl halides is 3. The van der Waals surface area contributed by atoms with Crippen LogP contribution in [0.2, 0.25) is 0 Å². The van der Waals surface area contributed by atoms with Gasteiger partial charge in [-0.05, 0) is 18.6 Å². The van der Waals surface area contributed by atoms with Crippen molar-refractivity contribution in [2.75, 3.05) is 7.11 Å². The predicted molar refractivity (Wildman–Crippen MR) is 80.9 cm³/mol. The van der Waals surface area contributed by atoms with Gasteiger partial charge in [-0.3, -0.25) is 0 Å². The number of hydrogen-bond acceptors (Lipinski definition) is 2. The van der Waals surface area contributed by atoms with Gasteiger partial charge in [0.05, 0.1) is 18.8 Å². The first-order valence-electron chi connectivity index (χ1n) is 7.83. The standard InChI is InChI=1S/C17H25F3O2/c1-3-4-5-6-7-8-9-15(21)14-11-10-13(17(18,19)20)12-16(14)22-2/h10-12,15,21H,3-9H2,1-2H3. The molecule has 0 fully saturated rings. The molecule has 0 aliphatic carbocycles. The molecule has 0 saturated heterocycles. The van der Waals surface area contributed by atoms with Crippen LogP contribution in [0.15, 0.2) is 18.2 Å². The fraction of sp³-hybridized carbons (Fsp3) is 0.647. The molecule has 1 atom stereocenters. The van der Waals surface area contributed by atoms with Gasteiger partial charge in [-0.1, -0.05) is 51.5 Å². The van der Waals surface area contributed by atoms with E-state index in [0.29, 0.717) is 12.0 Å². The molecular formula is C17H25F3O2. The molecule has 1 rings (SSSR count). The highest BCUT2D eigenvalue weighted by Gasteiger charge is 2.31. The van der Waals surface area contributed by atoms with Crippen LogP contribution in [0.25, 0.3) is 0 Å². The van der Waals surface area contributed by atoms with Crippen molar-refractivity contribution in [1.29, 1.82) is 0 Å². The first-order chi connectivity index (χ1) is 10.4. The SMILES string of the molecule is CCCCCCCCC(O)c1ccc(C(F)(F)F)cc1OC. The number of hydrogen-bond donors (Lipinski definition) is 1. The lowest BCUT2D eigenvalue weighted by Crippen LogP contribution is -2.07. The van der Waals surface area contributed by atoms with E-state index in [1.807, 2.05) is 0 Å². The molecule has 0 amide bonds. The average Bonchev–Trinajstić information content (AvgIpc) is 2.49. The van der Waals surface area contributed by atoms with Gasteiger partial charge < -0.3 is 9.84 Å². The first kappa shape index (κ1) is 18.8. The van der Waals surface area contributed by atoms with Gasteiger partial charge >= 0.3 is 6.18 Å². The van der Waals surface area contributed by atoms with E-state index in [4.69, 9.17) is 4.74 Å². The minimum absolute atomic E-state index is 0.0910. The summed E-state index contributed by atoms with van der Waals surface area (Å²) in [7, 11) is 1.32. The van der Waals surface area contributed by atoms with Crippen molar-refractivity contribution in [3.63, 3.8) is 0 Å². The van der Waals surface area contributed by atoms with Crippen LogP contribution in [-0.4, -0.2) is 12.2 Å². The number of aliphatic hydroxyl groups excluding tert-OH is 1. The number of halogens is 3. The van der Waals surface area contributed by atoms with E-state index in [2.05, 4.69) is 6.92 Å². The van der Waals surface area contributed by atoms with Crippen molar-refractivity contribution in [3.8, 4) is 5.75 Å². The van der Waals surface area contributed by atoms with E-state index in [0.717, 1.165) is 31.4 Å². The summed E-state index contributed by atoms with van der Waals surface area (Å²) in [5.74, 6) is 0.0910. The molecule has 5 heteroatoms. The van der Waals surface area contributed by atoms with Crippen molar-refractivity contribution in [2.24, 2.45) is 0 Å². The lowest BCUT2D eigenvalue weighted by atomic mass is 9.99. The molecule has 0 radical (unpaired) electrons. The second-order valence-electron chi connectivity index (χ2n) is 5.53. The smallest absolute Gasteiger partial charge is 0.416 e. The maximum absolute atomic E-state index is 12.7. The molecule has 1 unspecified atom stereocenters. The first-order valence-corrected chi connectivity index (χ1v) is 7.83. The van der Waals surface area contributed by atoms with Crippen LogP contribution < -0.4 is 4.74 Å². The zero-order valence-corrected chi connectivity index (χ0v) is 13.2. The van der Waals surface area contributed by atoms with E-state index < -0.39 is 17.8 Å². The van der Waals surface area contributed by atoms with Crippen molar-refractivity contribution in [1.82, 2.24) is 0 Å². The van der Waals surface area contributed by atoms with Gasteiger partial charge in [-0.2, -0.15) is 13.2 Å². The molecule has 1 aromatic rings. The number of benzene rings is 1. The molecule has 126 valence electrons. The summed E-state index contributed by atoms with van der Waals surface area (Å²) in [4.78, 5) is 0. The minimum atomic E-state index is -4.41. The Labute approximate surface area is 130 Å². The van der Waals surface area contributed by atoms with Crippen LogP contribution in [0.3, 0.4) is 0 Å². The van der Waals surface area contributed by atoms with E-state index in [1.54, 1.807) is 0 Å². The average molecular weight is 318 g/mol. The third-order valence-corrected chi connectivity index (χ3v) is 3.75. The van der Waals surface area contributed by atoms with Crippen LogP contribution in [0.1, 0.15) is 69.1 Å². The number of rotatable bonds is 9. The summed E-state index contributed by atoms with van der Waals surface area (Å²) in [5, 5.41) is 10.2. The molecule has 0 heterocycles. The highest BCUT2D eigenvalue weighted by Crippen LogP contribution is 2.36. The second-order valence-corrected chi connectivity index (χ2v) is 5.53. The number of unbranched alkanes of at least 4 members (excludes halogenated alkanes) is 5. The molecule has 22 heavy (non-hydrogen) atoms. The molecule has 0 saturated carbocycles. The summed E-state index contributed by atoms with van der Waals surface area (Å²) >= 11 is 0. The summed E-state index contributed by atoms with van der Waals surface area (Å²) in [6.07, 6.45) is 1.95. The van der Waals surface area contributed by atoms with Gasteiger partial charge in [0.15, 0.2) is 0 Å². The van der Waals surface area contributed by atoms with Crippen molar-refractivity contribution < 1.29 is 23.0 Å². The number of methoxy groups -OCH3 is 1. The third kappa shape index (κ3) is 5.87. The Morgan fingerprint density at radius 3 is 2.32 bits per heavy atom. The van der Waals surface area contributed by atoms with Crippen molar-refractivity contribution >= 4 is 0 Å². The molecule has 1 N–H and O–H groups in total. The largest absolute Gasteiger partial charge is 0.496 e. The van der Waals surface area contributed by atoms with Gasteiger partial charge in [-0.15, -0.1) is 0 Å². The van der Waals surface area contributed by atoms with Crippen LogP contribution in [0, 0.1) is 0 Å². The fourth-order valence-electron chi connectivity index (χ4n) is 2.44. The zero-order chi connectivity index (χ0) is 16.6. The molecule has 0 spiro atoms. The van der Waals surface area contributed by atoms with Crippen molar-refractivity contribution in [2.45, 2.75) is 64.1 Å². The van der Waals surface area contributed by atoms with Gasteiger partial charge in [0.1, 0.15) is 5.75 Å². The Morgan fingerprint density at radius 2 is 1.73 bits per heavy atom. The highest BCUT2D eigenvalue weighted by molar-refractivity contribution is 5.40. The lowest BCUT2D eigenvalue weighted by Gasteiger charge is -2.17. The quantitative estimate of drug-likeness (QED) is 0.609. The van der Waals surface area contributed by atoms with Gasteiger partial charge in [-0.25, -0.2) is 0 Å². The molecule has 0 aliphatic rings. The van der Waals surface area contributed by atoms with E-state index >= 15 is 0 Å². The molecular weight excluding hydrogens is 293 g/mol. The summed E-state index contributed by atoms with van der Waals surface area (Å²) in [5.41, 5.74) is -0.344. The number of aliphatic hydroxyl groups is 1. The maximum Gasteiger partial charge on any atom is 0.416 e. The van der Waals surface area contributed by atoms with Crippen LogP contribution in [0.4, 0.5) is 13.2 Å². The van der Waals surface area contributed by atoms with E-state index in [9.17, 15) is 18.3 Å². The Balaban J connectivity index is 2.59. The summed E-state index contributed by atoms with van der Waals surface area (Å²) in [6.45, 7) is 2.15. The summed E-state index contributed by atoms with van der Waals surface area (Å²) in [6, 6.07) is 3.24. The lowest BCUT2D eigenvalue weighted by molar-refractivity contribution is -0.137. The van der Waals surface area contributed by atoms with Crippen LogP contribution >= 0.6 is 0 Å². The Kier molecular flexibility index (Phi) is 7.73. The topological polar surface area (TPSA) is 29.5 Å². The van der Waals surface area contributed by atoms with Gasteiger partial charge in [0, 0.05) is 5.56 Å². The summed E-state index contributed by atoms with van der Waals surface area (Å²) < 4.78 is 43.0. The minimum Gasteiger partial charge on any atom is -0.496 e. The predicted octanol–water partition coefficient (Wildman–Crippen LogP) is 5.50. The third-order valence-electron chi connectivity index (χ3n) is 3.75. The Morgan fingerprint density at radius 1 is 1.09 bits per heavy atom. The Hall–Kier alpha value is -1.23. The molecule has 0 bridgehead atoms. The monoisotopic (exact) mass is 318 g/mol. The zero-order valence-electron chi connectivity index (χ0n) is 13.2. The van der Waals surface area contributed by atoms with Crippen LogP contribution in [-0.2, 0) is 6.18 Å². The fourth-order valence-corrected chi connectivity index (χ4v) is 2.44. The second kappa shape index (κ2) is 9.03. The van der Waals surface area contributed by atoms with E-state index in [1.165, 1.54) is 32.4 Å². The maximum atomic E-state index is 12.7. The molecule has 1 aromatic carbocycles. The van der Waals surface area contributed by atoms with Crippen LogP contribution in [0.5, 0.6) is 5.75 Å².